The van der Waals surface area contributed by atoms with Gasteiger partial charge in [-0.05, 0) is 38.8 Å². The zero-order chi connectivity index (χ0) is 23.1. The van der Waals surface area contributed by atoms with Crippen molar-refractivity contribution in [3.63, 3.8) is 0 Å². The van der Waals surface area contributed by atoms with Gasteiger partial charge in [-0.2, -0.15) is 0 Å². The monoisotopic (exact) mass is 447 g/mol. The maximum Gasteiger partial charge on any atom is 0.273 e. The molecule has 0 saturated carbocycles. The van der Waals surface area contributed by atoms with Gasteiger partial charge in [0.1, 0.15) is 23.0 Å². The molecule has 8 heteroatoms. The number of aromatic nitrogens is 3. The Morgan fingerprint density at radius 2 is 1.85 bits per heavy atom. The highest BCUT2D eigenvalue weighted by atomic mass is 19.1. The Labute approximate surface area is 191 Å². The minimum Gasteiger partial charge on any atom is -0.348 e. The fourth-order valence-corrected chi connectivity index (χ4v) is 4.95. The maximum atomic E-state index is 13.4. The molecular weight excluding hydrogens is 421 g/mol. The molecule has 1 fully saturated rings. The summed E-state index contributed by atoms with van der Waals surface area (Å²) in [5.74, 6) is -0.137. The normalized spacial score (nSPS) is 19.3. The van der Waals surface area contributed by atoms with Crippen LogP contribution in [0.2, 0.25) is 0 Å². The summed E-state index contributed by atoms with van der Waals surface area (Å²) >= 11 is 0. The number of nitrogens with zero attached hydrogens (tertiary/aromatic N) is 4. The van der Waals surface area contributed by atoms with Crippen molar-refractivity contribution in [1.82, 2.24) is 24.8 Å². The maximum absolute atomic E-state index is 13.4. The Bertz CT molecular complexity index is 1190. The van der Waals surface area contributed by atoms with Gasteiger partial charge in [0.2, 0.25) is 0 Å². The lowest BCUT2D eigenvalue weighted by Crippen LogP contribution is -2.42. The van der Waals surface area contributed by atoms with E-state index in [0.717, 1.165) is 36.1 Å². The van der Waals surface area contributed by atoms with E-state index in [-0.39, 0.29) is 35.6 Å². The molecule has 5 rings (SSSR count). The van der Waals surface area contributed by atoms with E-state index in [1.807, 2.05) is 49.1 Å². The van der Waals surface area contributed by atoms with Crippen molar-refractivity contribution in [3.05, 3.63) is 71.6 Å². The molecule has 1 aromatic carbocycles. The minimum absolute atomic E-state index is 0.0140. The molecule has 1 N–H and O–H groups in total. The van der Waals surface area contributed by atoms with Crippen LogP contribution in [0.1, 0.15) is 53.4 Å². The van der Waals surface area contributed by atoms with Crippen molar-refractivity contribution in [3.8, 4) is 11.4 Å². The fraction of sp³-hybridized carbons (Fsp3) is 0.360. The molecule has 2 aliphatic heterocycles. The number of rotatable bonds is 4. The van der Waals surface area contributed by atoms with Gasteiger partial charge >= 0.3 is 0 Å². The molecule has 2 bridgehead atoms. The summed E-state index contributed by atoms with van der Waals surface area (Å²) < 4.78 is 15.4. The van der Waals surface area contributed by atoms with E-state index in [4.69, 9.17) is 4.98 Å². The van der Waals surface area contributed by atoms with Crippen LogP contribution >= 0.6 is 0 Å². The van der Waals surface area contributed by atoms with E-state index in [9.17, 15) is 14.0 Å². The third-order valence-electron chi connectivity index (χ3n) is 6.36. The third kappa shape index (κ3) is 3.90. The number of fused-ring (bicyclic) bond motifs is 3. The van der Waals surface area contributed by atoms with Crippen molar-refractivity contribution in [2.45, 2.75) is 57.8 Å². The van der Waals surface area contributed by atoms with Gasteiger partial charge < -0.3 is 14.8 Å². The Kier molecular flexibility index (Phi) is 5.44. The molecule has 0 radical (unpaired) electrons. The lowest BCUT2D eigenvalue weighted by atomic mass is 10.0. The first-order valence-corrected chi connectivity index (χ1v) is 11.3. The number of imidazole rings is 1. The molecule has 2 aromatic heterocycles. The topological polar surface area (TPSA) is 80.1 Å². The molecule has 0 spiro atoms. The van der Waals surface area contributed by atoms with Crippen LogP contribution < -0.4 is 5.32 Å². The number of carbonyl (C=O) groups is 2. The van der Waals surface area contributed by atoms with Crippen molar-refractivity contribution in [2.24, 2.45) is 0 Å². The van der Waals surface area contributed by atoms with Crippen LogP contribution in [0, 0.1) is 5.82 Å². The number of amides is 2. The lowest BCUT2D eigenvalue weighted by Gasteiger charge is -2.28. The van der Waals surface area contributed by atoms with Crippen LogP contribution in [-0.2, 0) is 13.0 Å². The molecule has 7 nitrogen and oxygen atoms in total. The number of benzene rings is 1. The largest absolute Gasteiger partial charge is 0.348 e. The first-order chi connectivity index (χ1) is 15.9. The van der Waals surface area contributed by atoms with Crippen LogP contribution in [0.15, 0.2) is 48.7 Å². The summed E-state index contributed by atoms with van der Waals surface area (Å²) in [6, 6.07) is 12.4. The van der Waals surface area contributed by atoms with E-state index in [1.54, 1.807) is 0 Å². The standard InChI is InChI=1S/C25H26FN5O2/c1-15(2)28-24(32)22-21-12-18-9-10-19(31(18)25(33)20-11-8-17(26)13-27-20)14-30(21)23(29-22)16-6-4-3-5-7-16/h3-8,11,13,15,18-19H,9-10,12,14H2,1-2H3,(H,28,32)/t18-,19+/m0/s1. The fourth-order valence-electron chi connectivity index (χ4n) is 4.95. The molecule has 3 aromatic rings. The lowest BCUT2D eigenvalue weighted by molar-refractivity contribution is 0.0660. The summed E-state index contributed by atoms with van der Waals surface area (Å²) in [5.41, 5.74) is 2.43. The van der Waals surface area contributed by atoms with Crippen molar-refractivity contribution >= 4 is 11.8 Å². The molecule has 33 heavy (non-hydrogen) atoms. The quantitative estimate of drug-likeness (QED) is 0.664. The average Bonchev–Trinajstić information content (AvgIpc) is 3.30. The van der Waals surface area contributed by atoms with E-state index in [2.05, 4.69) is 14.9 Å². The Hall–Kier alpha value is -3.55. The zero-order valence-corrected chi connectivity index (χ0v) is 18.7. The second kappa shape index (κ2) is 8.42. The Balaban J connectivity index is 1.56. The highest BCUT2D eigenvalue weighted by Crippen LogP contribution is 2.36. The van der Waals surface area contributed by atoms with Crippen molar-refractivity contribution < 1.29 is 14.0 Å². The highest BCUT2D eigenvalue weighted by molar-refractivity contribution is 5.95. The number of hydrogen-bond acceptors (Lipinski definition) is 4. The van der Waals surface area contributed by atoms with E-state index in [1.165, 1.54) is 12.1 Å². The molecule has 4 heterocycles. The number of nitrogens with one attached hydrogen (secondary N) is 1. The molecule has 0 aliphatic carbocycles. The number of pyridine rings is 1. The molecule has 0 unspecified atom stereocenters. The van der Waals surface area contributed by atoms with Crippen LogP contribution in [-0.4, -0.2) is 49.4 Å². The Morgan fingerprint density at radius 3 is 2.55 bits per heavy atom. The van der Waals surface area contributed by atoms with Gasteiger partial charge in [0, 0.05) is 30.6 Å². The summed E-state index contributed by atoms with van der Waals surface area (Å²) in [7, 11) is 0. The zero-order valence-electron chi connectivity index (χ0n) is 18.7. The van der Waals surface area contributed by atoms with E-state index < -0.39 is 5.82 Å². The predicted molar refractivity (Wildman–Crippen MR) is 121 cm³/mol. The molecule has 2 atom stereocenters. The molecule has 2 amide bonds. The highest BCUT2D eigenvalue weighted by Gasteiger charge is 2.42. The van der Waals surface area contributed by atoms with Crippen LogP contribution in [0.25, 0.3) is 11.4 Å². The third-order valence-corrected chi connectivity index (χ3v) is 6.36. The molecular formula is C25H26FN5O2. The van der Waals surface area contributed by atoms with Crippen LogP contribution in [0.3, 0.4) is 0 Å². The van der Waals surface area contributed by atoms with Gasteiger partial charge in [0.25, 0.3) is 11.8 Å². The Morgan fingerprint density at radius 1 is 1.09 bits per heavy atom. The molecule has 1 saturated heterocycles. The number of carbonyl (C=O) groups excluding carboxylic acids is 2. The van der Waals surface area contributed by atoms with Gasteiger partial charge in [-0.3, -0.25) is 9.59 Å². The number of hydrogen-bond donors (Lipinski definition) is 1. The summed E-state index contributed by atoms with van der Waals surface area (Å²) in [4.78, 5) is 37.1. The van der Waals surface area contributed by atoms with Crippen molar-refractivity contribution in [2.75, 3.05) is 0 Å². The van der Waals surface area contributed by atoms with Gasteiger partial charge in [-0.1, -0.05) is 30.3 Å². The summed E-state index contributed by atoms with van der Waals surface area (Å²) in [5, 5.41) is 2.96. The predicted octanol–water partition coefficient (Wildman–Crippen LogP) is 3.45. The van der Waals surface area contributed by atoms with Gasteiger partial charge in [-0.25, -0.2) is 14.4 Å². The summed E-state index contributed by atoms with van der Waals surface area (Å²) in [6.07, 6.45) is 3.30. The number of halogens is 1. The average molecular weight is 448 g/mol. The molecule has 170 valence electrons. The van der Waals surface area contributed by atoms with Gasteiger partial charge in [0.15, 0.2) is 0 Å². The van der Waals surface area contributed by atoms with Crippen LogP contribution in [0.4, 0.5) is 4.39 Å². The second-order valence-electron chi connectivity index (χ2n) is 9.00. The second-order valence-corrected chi connectivity index (χ2v) is 9.00. The van der Waals surface area contributed by atoms with Crippen molar-refractivity contribution in [1.29, 1.82) is 0 Å². The van der Waals surface area contributed by atoms with E-state index in [0.29, 0.717) is 18.7 Å². The SMILES string of the molecule is CC(C)NC(=O)c1nc(-c2ccccc2)n2c1C[C@@H]1CC[C@H](C2)N1C(=O)c1ccc(F)cn1. The van der Waals surface area contributed by atoms with Gasteiger partial charge in [-0.15, -0.1) is 0 Å². The van der Waals surface area contributed by atoms with E-state index >= 15 is 0 Å². The summed E-state index contributed by atoms with van der Waals surface area (Å²) in [6.45, 7) is 4.39. The molecule has 2 aliphatic rings. The first kappa shape index (κ1) is 21.3. The minimum atomic E-state index is -0.472. The smallest absolute Gasteiger partial charge is 0.273 e. The first-order valence-electron chi connectivity index (χ1n) is 11.3. The van der Waals surface area contributed by atoms with Crippen LogP contribution in [0.5, 0.6) is 0 Å². The van der Waals surface area contributed by atoms with Gasteiger partial charge in [0.05, 0.1) is 17.9 Å².